The van der Waals surface area contributed by atoms with Crippen LogP contribution in [-0.4, -0.2) is 42.7 Å². The maximum atomic E-state index is 14.1. The zero-order chi connectivity index (χ0) is 18.4. The minimum Gasteiger partial charge on any atom is -0.488 e. The molecule has 0 aromatic carbocycles. The summed E-state index contributed by atoms with van der Waals surface area (Å²) in [7, 11) is 1.41. The minimum atomic E-state index is -1.47. The average Bonchev–Trinajstić information content (AvgIpc) is 3.31. The lowest BCUT2D eigenvalue weighted by Crippen LogP contribution is -2.35. The molecular weight excluding hydrogens is 361 g/mol. The average molecular weight is 379 g/mol. The predicted molar refractivity (Wildman–Crippen MR) is 93.2 cm³/mol. The van der Waals surface area contributed by atoms with E-state index >= 15 is 0 Å². The Kier molecular flexibility index (Phi) is 4.18. The number of alkyl halides is 1. The largest absolute Gasteiger partial charge is 0.488 e. The van der Waals surface area contributed by atoms with E-state index in [4.69, 9.17) is 15.2 Å². The Morgan fingerprint density at radius 3 is 2.92 bits per heavy atom. The van der Waals surface area contributed by atoms with E-state index in [1.54, 1.807) is 11.4 Å². The van der Waals surface area contributed by atoms with Crippen LogP contribution >= 0.6 is 11.3 Å². The first-order chi connectivity index (χ1) is 12.5. The zero-order valence-electron chi connectivity index (χ0n) is 14.0. The van der Waals surface area contributed by atoms with Crippen LogP contribution in [0.4, 0.5) is 4.39 Å². The summed E-state index contributed by atoms with van der Waals surface area (Å²) in [5.41, 5.74) is 6.09. The molecule has 2 aromatic heterocycles. The van der Waals surface area contributed by atoms with Gasteiger partial charge in [-0.1, -0.05) is 0 Å². The molecule has 1 saturated heterocycles. The molecule has 2 aliphatic rings. The van der Waals surface area contributed by atoms with Gasteiger partial charge in [0.15, 0.2) is 11.9 Å². The summed E-state index contributed by atoms with van der Waals surface area (Å²) < 4.78 is 25.8. The molecule has 26 heavy (non-hydrogen) atoms. The molecule has 1 saturated carbocycles. The second kappa shape index (κ2) is 6.39. The van der Waals surface area contributed by atoms with E-state index in [9.17, 15) is 14.0 Å². The number of nitrogens with two attached hydrogens (primary N) is 1. The number of rotatable bonds is 6. The third-order valence-electron chi connectivity index (χ3n) is 4.90. The van der Waals surface area contributed by atoms with Crippen molar-refractivity contribution in [2.24, 2.45) is 17.6 Å². The van der Waals surface area contributed by atoms with Crippen LogP contribution in [0.15, 0.2) is 11.4 Å². The van der Waals surface area contributed by atoms with Crippen LogP contribution in [0.25, 0.3) is 10.2 Å². The zero-order valence-corrected chi connectivity index (χ0v) is 14.8. The van der Waals surface area contributed by atoms with E-state index in [1.807, 2.05) is 0 Å². The van der Waals surface area contributed by atoms with Crippen molar-refractivity contribution in [1.29, 1.82) is 0 Å². The summed E-state index contributed by atoms with van der Waals surface area (Å²) in [6.45, 7) is 0.167. The van der Waals surface area contributed by atoms with Crippen molar-refractivity contribution >= 4 is 33.4 Å². The minimum absolute atomic E-state index is 0.127. The number of aromatic nitrogens is 1. The summed E-state index contributed by atoms with van der Waals surface area (Å²) in [5.74, 6) is -0.643. The number of carbonyl (C=O) groups is 2. The number of nitrogens with one attached hydrogen (secondary N) is 1. The molecule has 1 aliphatic heterocycles. The van der Waals surface area contributed by atoms with Crippen LogP contribution in [0, 0.1) is 11.8 Å². The number of pyridine rings is 1. The Hall–Kier alpha value is -2.42. The van der Waals surface area contributed by atoms with Gasteiger partial charge in [-0.25, -0.2) is 9.37 Å². The highest BCUT2D eigenvalue weighted by molar-refractivity contribution is 7.17. The highest BCUT2D eigenvalue weighted by Crippen LogP contribution is 2.43. The molecule has 2 aromatic rings. The predicted octanol–water partition coefficient (Wildman–Crippen LogP) is 1.65. The summed E-state index contributed by atoms with van der Waals surface area (Å²) in [5, 5.41) is 4.45. The molecule has 2 fully saturated rings. The Balaban J connectivity index is 1.56. The number of hydrogen-bond acceptors (Lipinski definition) is 6. The van der Waals surface area contributed by atoms with Gasteiger partial charge in [-0.15, -0.1) is 11.3 Å². The van der Waals surface area contributed by atoms with Crippen LogP contribution in [0.1, 0.15) is 23.2 Å². The van der Waals surface area contributed by atoms with Crippen molar-refractivity contribution in [3.8, 4) is 11.6 Å². The fraction of sp³-hybridized carbons (Fsp3) is 0.471. The summed E-state index contributed by atoms with van der Waals surface area (Å²) in [6.07, 6.45) is 0.436. The van der Waals surface area contributed by atoms with Gasteiger partial charge in [0.2, 0.25) is 5.88 Å². The standard InChI is InChI=1S/C17H18FN3O4S/c1-24-17-8(15(19)22)4-11-14(21-17)10(6-26-11)25-5-9-12(7-2-3-7)13(18)16(23)20-9/h4,6-7,9,12-13H,2-3,5H2,1H3,(H2,19,22)(H,20,23)/t9-,12?,13-/m1/s1. The molecule has 0 bridgehead atoms. The van der Waals surface area contributed by atoms with E-state index in [0.717, 1.165) is 17.5 Å². The molecule has 3 atom stereocenters. The van der Waals surface area contributed by atoms with Gasteiger partial charge in [0.1, 0.15) is 17.7 Å². The van der Waals surface area contributed by atoms with Crippen LogP contribution < -0.4 is 20.5 Å². The molecule has 0 spiro atoms. The molecule has 3 heterocycles. The van der Waals surface area contributed by atoms with Crippen LogP contribution in [-0.2, 0) is 4.79 Å². The molecule has 0 radical (unpaired) electrons. The molecule has 1 aliphatic carbocycles. The van der Waals surface area contributed by atoms with Gasteiger partial charge >= 0.3 is 0 Å². The van der Waals surface area contributed by atoms with Gasteiger partial charge in [0, 0.05) is 11.3 Å². The van der Waals surface area contributed by atoms with Gasteiger partial charge in [0.05, 0.1) is 17.9 Å². The maximum absolute atomic E-state index is 14.1. The number of nitrogens with zero attached hydrogens (tertiary/aromatic N) is 1. The molecular formula is C17H18FN3O4S. The number of carbonyl (C=O) groups excluding carboxylic acids is 2. The lowest BCUT2D eigenvalue weighted by molar-refractivity contribution is -0.124. The normalized spacial score (nSPS) is 25.3. The van der Waals surface area contributed by atoms with Crippen LogP contribution in [0.2, 0.25) is 0 Å². The SMILES string of the molecule is COc1nc2c(OC[C@H]3NC(=O)[C@H](F)C3C3CC3)csc2cc1C(N)=O. The van der Waals surface area contributed by atoms with Gasteiger partial charge in [-0.3, -0.25) is 9.59 Å². The Morgan fingerprint density at radius 1 is 1.50 bits per heavy atom. The second-order valence-corrected chi connectivity index (χ2v) is 7.51. The van der Waals surface area contributed by atoms with E-state index < -0.39 is 18.0 Å². The first-order valence-electron chi connectivity index (χ1n) is 8.33. The van der Waals surface area contributed by atoms with Crippen molar-refractivity contribution in [2.45, 2.75) is 25.1 Å². The quantitative estimate of drug-likeness (QED) is 0.794. The van der Waals surface area contributed by atoms with Crippen molar-refractivity contribution in [1.82, 2.24) is 10.3 Å². The van der Waals surface area contributed by atoms with Gasteiger partial charge in [-0.2, -0.15) is 0 Å². The number of hydrogen-bond donors (Lipinski definition) is 2. The molecule has 138 valence electrons. The van der Waals surface area contributed by atoms with Gasteiger partial charge in [-0.05, 0) is 24.8 Å². The Bertz CT molecular complexity index is 882. The topological polar surface area (TPSA) is 104 Å². The molecule has 7 nitrogen and oxygen atoms in total. The lowest BCUT2D eigenvalue weighted by Gasteiger charge is -2.19. The van der Waals surface area contributed by atoms with Crippen molar-refractivity contribution in [2.75, 3.05) is 13.7 Å². The number of amides is 2. The lowest BCUT2D eigenvalue weighted by atomic mass is 9.94. The van der Waals surface area contributed by atoms with Crippen molar-refractivity contribution < 1.29 is 23.5 Å². The highest BCUT2D eigenvalue weighted by Gasteiger charge is 2.50. The third kappa shape index (κ3) is 2.86. The molecule has 2 amide bonds. The van der Waals surface area contributed by atoms with Crippen molar-refractivity contribution in [3.63, 3.8) is 0 Å². The number of halogens is 1. The number of ether oxygens (including phenoxy) is 2. The van der Waals surface area contributed by atoms with E-state index in [1.165, 1.54) is 18.4 Å². The van der Waals surface area contributed by atoms with Gasteiger partial charge < -0.3 is 20.5 Å². The summed E-state index contributed by atoms with van der Waals surface area (Å²) in [4.78, 5) is 27.5. The third-order valence-corrected chi connectivity index (χ3v) is 5.80. The molecule has 3 N–H and O–H groups in total. The number of methoxy groups -OCH3 is 1. The van der Waals surface area contributed by atoms with Crippen molar-refractivity contribution in [3.05, 3.63) is 17.0 Å². The van der Waals surface area contributed by atoms with Gasteiger partial charge in [0.25, 0.3) is 11.8 Å². The number of thiophene rings is 1. The first kappa shape index (κ1) is 17.0. The van der Waals surface area contributed by atoms with E-state index in [2.05, 4.69) is 10.3 Å². The fourth-order valence-corrected chi connectivity index (χ4v) is 4.33. The summed E-state index contributed by atoms with van der Waals surface area (Å²) in [6, 6.07) is 1.26. The smallest absolute Gasteiger partial charge is 0.255 e. The monoisotopic (exact) mass is 379 g/mol. The molecule has 9 heteroatoms. The van der Waals surface area contributed by atoms with E-state index in [-0.39, 0.29) is 35.9 Å². The number of fused-ring (bicyclic) bond motifs is 1. The Labute approximate surface area is 152 Å². The van der Waals surface area contributed by atoms with Crippen LogP contribution in [0.5, 0.6) is 11.6 Å². The van der Waals surface area contributed by atoms with E-state index in [0.29, 0.717) is 11.3 Å². The fourth-order valence-electron chi connectivity index (χ4n) is 3.47. The second-order valence-electron chi connectivity index (χ2n) is 6.60. The first-order valence-corrected chi connectivity index (χ1v) is 9.21. The number of primary amides is 1. The summed E-state index contributed by atoms with van der Waals surface area (Å²) >= 11 is 1.36. The molecule has 4 rings (SSSR count). The maximum Gasteiger partial charge on any atom is 0.255 e. The molecule has 1 unspecified atom stereocenters. The highest BCUT2D eigenvalue weighted by atomic mass is 32.1. The Morgan fingerprint density at radius 2 is 2.27 bits per heavy atom. The van der Waals surface area contributed by atoms with Crippen LogP contribution in [0.3, 0.4) is 0 Å².